The number of benzene rings is 2. The van der Waals surface area contributed by atoms with Crippen LogP contribution in [-0.4, -0.2) is 29.5 Å². The van der Waals surface area contributed by atoms with Gasteiger partial charge < -0.3 is 21.5 Å². The van der Waals surface area contributed by atoms with E-state index in [1.54, 1.807) is 18.2 Å². The fourth-order valence-corrected chi connectivity index (χ4v) is 3.46. The van der Waals surface area contributed by atoms with Gasteiger partial charge in [0.1, 0.15) is 11.5 Å². The molecule has 0 aliphatic heterocycles. The van der Waals surface area contributed by atoms with Gasteiger partial charge in [-0.25, -0.2) is 13.6 Å². The minimum atomic E-state index is -3.86. The van der Waals surface area contributed by atoms with Crippen molar-refractivity contribution in [2.24, 2.45) is 16.6 Å². The molecule has 0 spiro atoms. The highest BCUT2D eigenvalue weighted by Gasteiger charge is 2.24. The maximum Gasteiger partial charge on any atom is 0.273 e. The van der Waals surface area contributed by atoms with Gasteiger partial charge in [-0.15, -0.1) is 0 Å². The molecule has 3 aromatic rings. The van der Waals surface area contributed by atoms with Crippen LogP contribution in [-0.2, 0) is 16.4 Å². The largest absolute Gasteiger partial charge is 0.412 e. The number of aryl methyl sites for hydroxylation is 1. The standard InChI is InChI=1S/C18H18N2O3S.2CH3NOS.CH4.H2O/c1-2-8-15-17(14-11-6-7-12-16(14)24(19,21)22)18(20-23-15)13-9-4-3-5-10-13;2*2-1(3)4;;/h3-7,9-12H,2,8H2,1H3,(H2,19,21,22);2*(H3,2,3,4);1H4;1H2. The third-order valence-electron chi connectivity index (χ3n) is 3.75. The topological polar surface area (TPSA) is 204 Å². The first-order valence-electron chi connectivity index (χ1n) is 9.11. The van der Waals surface area contributed by atoms with Gasteiger partial charge in [0, 0.05) is 17.5 Å². The van der Waals surface area contributed by atoms with Crippen molar-refractivity contribution < 1.29 is 28.0 Å². The van der Waals surface area contributed by atoms with Crippen LogP contribution in [0.1, 0.15) is 26.5 Å². The van der Waals surface area contributed by atoms with E-state index in [1.165, 1.54) is 6.07 Å². The molecule has 1 heterocycles. The third-order valence-corrected chi connectivity index (χ3v) is 4.72. The maximum atomic E-state index is 12.0. The van der Waals surface area contributed by atoms with Crippen molar-refractivity contribution in [1.29, 1.82) is 0 Å². The quantitative estimate of drug-likeness (QED) is 0.312. The van der Waals surface area contributed by atoms with Crippen molar-refractivity contribution in [2.45, 2.75) is 32.1 Å². The molecule has 8 N–H and O–H groups in total. The number of aromatic nitrogens is 1. The molecule has 0 unspecified atom stereocenters. The van der Waals surface area contributed by atoms with Crippen LogP contribution in [0.25, 0.3) is 22.4 Å². The molecule has 0 saturated carbocycles. The molecular weight excluding hydrogens is 500 g/mol. The number of carbonyl (C=O) groups excluding carboxylic acids is 2. The van der Waals surface area contributed by atoms with Crippen LogP contribution >= 0.6 is 25.3 Å². The summed E-state index contributed by atoms with van der Waals surface area (Å²) in [7, 11) is -3.86. The van der Waals surface area contributed by atoms with Gasteiger partial charge in [-0.3, -0.25) is 9.59 Å². The van der Waals surface area contributed by atoms with Crippen LogP contribution in [0, 0.1) is 0 Å². The number of primary amides is 2. The molecule has 34 heavy (non-hydrogen) atoms. The van der Waals surface area contributed by atoms with E-state index in [4.69, 9.17) is 19.3 Å². The van der Waals surface area contributed by atoms with Crippen LogP contribution in [0.4, 0.5) is 9.59 Å². The molecule has 0 fully saturated rings. The molecule has 0 aliphatic carbocycles. The van der Waals surface area contributed by atoms with Gasteiger partial charge in [-0.1, -0.05) is 93.3 Å². The van der Waals surface area contributed by atoms with Crippen molar-refractivity contribution in [3.8, 4) is 22.4 Å². The summed E-state index contributed by atoms with van der Waals surface area (Å²) in [5.74, 6) is 0.660. The zero-order valence-corrected chi connectivity index (χ0v) is 20.2. The Morgan fingerprint density at radius 3 is 1.91 bits per heavy atom. The lowest BCUT2D eigenvalue weighted by Gasteiger charge is -2.09. The number of rotatable bonds is 5. The lowest BCUT2D eigenvalue weighted by molar-refractivity contribution is 0.266. The van der Waals surface area contributed by atoms with E-state index in [9.17, 15) is 8.42 Å². The Morgan fingerprint density at radius 2 is 1.44 bits per heavy atom. The lowest BCUT2D eigenvalue weighted by atomic mass is 9.97. The second-order valence-electron chi connectivity index (χ2n) is 6.16. The Balaban J connectivity index is 0. The molecule has 10 nitrogen and oxygen atoms in total. The van der Waals surface area contributed by atoms with Crippen molar-refractivity contribution in [1.82, 2.24) is 5.16 Å². The molecular formula is C21H30N4O6S3. The fourth-order valence-electron chi connectivity index (χ4n) is 2.71. The number of hydrogen-bond acceptors (Lipinski definition) is 6. The number of carbonyl (C=O) groups is 2. The highest BCUT2D eigenvalue weighted by molar-refractivity contribution is 7.96. The first-order chi connectivity index (χ1) is 15.0. The summed E-state index contributed by atoms with van der Waals surface area (Å²) in [6, 6.07) is 16.2. The van der Waals surface area contributed by atoms with Gasteiger partial charge in [-0.05, 0) is 12.5 Å². The van der Waals surface area contributed by atoms with E-state index >= 15 is 0 Å². The zero-order valence-electron chi connectivity index (χ0n) is 17.6. The number of amides is 2. The summed E-state index contributed by atoms with van der Waals surface area (Å²) in [5, 5.41) is 8.31. The van der Waals surface area contributed by atoms with Gasteiger partial charge >= 0.3 is 0 Å². The van der Waals surface area contributed by atoms with Crippen LogP contribution in [0.2, 0.25) is 0 Å². The second-order valence-corrected chi connectivity index (χ2v) is 8.57. The molecule has 2 amide bonds. The highest BCUT2D eigenvalue weighted by atomic mass is 32.2. The summed E-state index contributed by atoms with van der Waals surface area (Å²) < 4.78 is 29.5. The van der Waals surface area contributed by atoms with Crippen LogP contribution in [0.15, 0.2) is 64.0 Å². The number of nitrogens with two attached hydrogens (primary N) is 3. The van der Waals surface area contributed by atoms with E-state index in [0.717, 1.165) is 12.0 Å². The predicted molar refractivity (Wildman–Crippen MR) is 140 cm³/mol. The molecule has 0 atom stereocenters. The summed E-state index contributed by atoms with van der Waals surface area (Å²) in [6.45, 7) is 2.03. The molecule has 0 bridgehead atoms. The number of nitrogens with zero attached hydrogens (tertiary/aromatic N) is 1. The molecule has 188 valence electrons. The van der Waals surface area contributed by atoms with Crippen molar-refractivity contribution in [3.05, 3.63) is 60.4 Å². The van der Waals surface area contributed by atoms with Gasteiger partial charge in [0.15, 0.2) is 0 Å². The van der Waals surface area contributed by atoms with Gasteiger partial charge in [0.25, 0.3) is 10.5 Å². The van der Waals surface area contributed by atoms with Crippen molar-refractivity contribution in [3.63, 3.8) is 0 Å². The van der Waals surface area contributed by atoms with E-state index in [1.807, 2.05) is 37.3 Å². The van der Waals surface area contributed by atoms with Gasteiger partial charge in [0.2, 0.25) is 10.0 Å². The average molecular weight is 531 g/mol. The monoisotopic (exact) mass is 530 g/mol. The molecule has 0 aliphatic rings. The third kappa shape index (κ3) is 10.9. The van der Waals surface area contributed by atoms with E-state index < -0.39 is 20.5 Å². The normalized spacial score (nSPS) is 9.65. The Hall–Kier alpha value is -2.84. The summed E-state index contributed by atoms with van der Waals surface area (Å²) in [4.78, 5) is 18.2. The van der Waals surface area contributed by atoms with E-state index in [0.29, 0.717) is 29.0 Å². The Bertz CT molecular complexity index is 1130. The fraction of sp³-hybridized carbons (Fsp3) is 0.190. The SMILES string of the molecule is C.CCCc1onc(-c2ccccc2)c1-c1ccccc1S(N)(=O)=O.NC(=O)S.NC(=O)S.O. The zero-order chi connectivity index (χ0) is 24.3. The Labute approximate surface area is 210 Å². The first kappa shape index (κ1) is 33.3. The van der Waals surface area contributed by atoms with Crippen molar-refractivity contribution in [2.75, 3.05) is 0 Å². The van der Waals surface area contributed by atoms with Crippen LogP contribution < -0.4 is 16.6 Å². The van der Waals surface area contributed by atoms with E-state index in [-0.39, 0.29) is 17.8 Å². The predicted octanol–water partition coefficient (Wildman–Crippen LogP) is 3.41. The number of hydrogen-bond donors (Lipinski definition) is 5. The minimum absolute atomic E-state index is 0. The molecule has 0 radical (unpaired) electrons. The smallest absolute Gasteiger partial charge is 0.273 e. The number of thiol groups is 2. The highest BCUT2D eigenvalue weighted by Crippen LogP contribution is 2.38. The summed E-state index contributed by atoms with van der Waals surface area (Å²) in [6.07, 6.45) is 1.52. The molecule has 3 rings (SSSR count). The summed E-state index contributed by atoms with van der Waals surface area (Å²) in [5.41, 5.74) is 11.4. The average Bonchev–Trinajstić information content (AvgIpc) is 3.11. The van der Waals surface area contributed by atoms with Crippen LogP contribution in [0.3, 0.4) is 0 Å². The number of sulfonamides is 1. The molecule has 1 aromatic heterocycles. The molecule has 13 heteroatoms. The van der Waals surface area contributed by atoms with E-state index in [2.05, 4.69) is 41.9 Å². The van der Waals surface area contributed by atoms with Gasteiger partial charge in [0.05, 0.1) is 10.5 Å². The van der Waals surface area contributed by atoms with Gasteiger partial charge in [-0.2, -0.15) is 0 Å². The molecule has 2 aromatic carbocycles. The maximum absolute atomic E-state index is 12.0. The second kappa shape index (κ2) is 15.9. The first-order valence-corrected chi connectivity index (χ1v) is 11.6. The molecule has 0 saturated heterocycles. The number of primary sulfonamides is 1. The minimum Gasteiger partial charge on any atom is -0.412 e. The lowest BCUT2D eigenvalue weighted by Crippen LogP contribution is -2.13. The van der Waals surface area contributed by atoms with Crippen molar-refractivity contribution >= 4 is 45.8 Å². The summed E-state index contributed by atoms with van der Waals surface area (Å²) >= 11 is 6.21. The van der Waals surface area contributed by atoms with Crippen LogP contribution in [0.5, 0.6) is 0 Å². The Kier molecular flexibility index (Phi) is 15.6. The Morgan fingerprint density at radius 1 is 0.971 bits per heavy atom.